The first kappa shape index (κ1) is 19.4. The maximum atomic E-state index is 12.2. The maximum Gasteiger partial charge on any atom is 0.303 e. The second kappa shape index (κ2) is 6.82. The van der Waals surface area contributed by atoms with Crippen LogP contribution in [0.4, 0.5) is 0 Å². The Morgan fingerprint density at radius 3 is 2.22 bits per heavy atom. The van der Waals surface area contributed by atoms with Crippen LogP contribution in [-0.2, 0) is 33.3 Å². The van der Waals surface area contributed by atoms with Gasteiger partial charge in [0.2, 0.25) is 5.91 Å². The average Bonchev–Trinajstić information content (AvgIpc) is 2.95. The Hall–Kier alpha value is -0.970. The molecular weight excluding hydrogens is 394 g/mol. The monoisotopic (exact) mass is 417 g/mol. The van der Waals surface area contributed by atoms with Crippen LogP contribution in [0.15, 0.2) is 0 Å². The van der Waals surface area contributed by atoms with Gasteiger partial charge in [0.25, 0.3) is 0 Å². The fourth-order valence-corrected chi connectivity index (χ4v) is 8.35. The molecule has 0 unspecified atom stereocenters. The fraction of sp³-hybridized carbons (Fsp3) is 0.824. The molecule has 1 aliphatic carbocycles. The van der Waals surface area contributed by atoms with E-state index in [-0.39, 0.29) is 16.1 Å². The molecule has 0 aromatic carbocycles. The predicted octanol–water partition coefficient (Wildman–Crippen LogP) is 0.818. The van der Waals surface area contributed by atoms with Crippen molar-refractivity contribution >= 4 is 41.4 Å². The average molecular weight is 418 g/mol. The summed E-state index contributed by atoms with van der Waals surface area (Å²) in [6.07, 6.45) is -1.77. The van der Waals surface area contributed by atoms with Crippen molar-refractivity contribution in [3.05, 3.63) is 0 Å². The fourth-order valence-electron chi connectivity index (χ4n) is 4.68. The molecule has 0 aromatic heterocycles. The van der Waals surface area contributed by atoms with Crippen molar-refractivity contribution < 1.29 is 33.3 Å². The summed E-state index contributed by atoms with van der Waals surface area (Å²) in [7, 11) is 0. The third-order valence-corrected chi connectivity index (χ3v) is 8.80. The lowest BCUT2D eigenvalue weighted by molar-refractivity contribution is -0.242. The van der Waals surface area contributed by atoms with Crippen molar-refractivity contribution in [2.75, 3.05) is 11.5 Å². The molecule has 1 amide bonds. The van der Waals surface area contributed by atoms with Crippen molar-refractivity contribution in [3.63, 3.8) is 0 Å². The second-order valence-corrected chi connectivity index (χ2v) is 10.5. The summed E-state index contributed by atoms with van der Waals surface area (Å²) in [6, 6.07) is 0. The normalized spacial score (nSPS) is 41.2. The van der Waals surface area contributed by atoms with Crippen LogP contribution >= 0.6 is 23.5 Å². The van der Waals surface area contributed by atoms with E-state index in [0.29, 0.717) is 6.42 Å². The molecule has 0 aromatic rings. The van der Waals surface area contributed by atoms with Gasteiger partial charge >= 0.3 is 11.9 Å². The van der Waals surface area contributed by atoms with Crippen molar-refractivity contribution in [2.45, 2.75) is 73.9 Å². The maximum absolute atomic E-state index is 12.2. The summed E-state index contributed by atoms with van der Waals surface area (Å²) < 4.78 is 23.1. The Bertz CT molecular complexity index is 648. The van der Waals surface area contributed by atoms with Gasteiger partial charge in [0, 0.05) is 27.2 Å². The van der Waals surface area contributed by atoms with Gasteiger partial charge in [0.1, 0.15) is 17.7 Å². The summed E-state index contributed by atoms with van der Waals surface area (Å²) in [6.45, 7) is 4.02. The molecule has 3 bridgehead atoms. The number of amides is 1. The van der Waals surface area contributed by atoms with Gasteiger partial charge in [-0.05, 0) is 17.9 Å². The quantitative estimate of drug-likeness (QED) is 0.669. The van der Waals surface area contributed by atoms with Crippen LogP contribution < -0.4 is 5.32 Å². The lowest BCUT2D eigenvalue weighted by Gasteiger charge is -2.57. The Balaban J connectivity index is 1.83. The van der Waals surface area contributed by atoms with Crippen LogP contribution in [0.3, 0.4) is 0 Å². The summed E-state index contributed by atoms with van der Waals surface area (Å²) in [5, 5.41) is 2.99. The Kier molecular flexibility index (Phi) is 4.89. The van der Waals surface area contributed by atoms with Crippen molar-refractivity contribution in [1.82, 2.24) is 5.32 Å². The number of fused-ring (bicyclic) bond motifs is 3. The first-order valence-electron chi connectivity index (χ1n) is 8.99. The van der Waals surface area contributed by atoms with Gasteiger partial charge in [0.15, 0.2) is 18.5 Å². The molecule has 4 aliphatic rings. The largest absolute Gasteiger partial charge is 0.457 e. The first-order chi connectivity index (χ1) is 12.8. The number of hydrogen-bond donors (Lipinski definition) is 1. The number of carbonyl (C=O) groups is 3. The minimum absolute atomic E-state index is 0.287. The lowest BCUT2D eigenvalue weighted by Crippen LogP contribution is -2.78. The smallest absolute Gasteiger partial charge is 0.303 e. The molecule has 27 heavy (non-hydrogen) atoms. The number of rotatable bonds is 3. The van der Waals surface area contributed by atoms with Gasteiger partial charge in [-0.3, -0.25) is 14.4 Å². The number of nitrogens with one attached hydrogen (secondary N) is 1. The van der Waals surface area contributed by atoms with E-state index in [1.54, 1.807) is 23.5 Å². The van der Waals surface area contributed by atoms with E-state index in [1.807, 2.05) is 0 Å². The van der Waals surface area contributed by atoms with E-state index in [4.69, 9.17) is 18.9 Å². The number of carbonyl (C=O) groups excluding carboxylic acids is 3. The molecule has 1 saturated carbocycles. The van der Waals surface area contributed by atoms with Crippen LogP contribution in [0.25, 0.3) is 0 Å². The number of hydrogen-bond acceptors (Lipinski definition) is 9. The van der Waals surface area contributed by atoms with Gasteiger partial charge in [-0.15, -0.1) is 23.5 Å². The summed E-state index contributed by atoms with van der Waals surface area (Å²) >= 11 is 3.57. The number of thioether (sulfide) groups is 2. The van der Waals surface area contributed by atoms with Crippen LogP contribution in [0, 0.1) is 0 Å². The zero-order chi connectivity index (χ0) is 19.4. The minimum atomic E-state index is -1.10. The third kappa shape index (κ3) is 3.04. The molecule has 3 aliphatic heterocycles. The molecule has 10 heteroatoms. The molecule has 4 fully saturated rings. The number of ether oxygens (including phenoxy) is 4. The van der Waals surface area contributed by atoms with E-state index < -0.39 is 42.1 Å². The van der Waals surface area contributed by atoms with Crippen LogP contribution in [0.1, 0.15) is 33.6 Å². The van der Waals surface area contributed by atoms with Gasteiger partial charge in [-0.2, -0.15) is 0 Å². The molecule has 8 nitrogen and oxygen atoms in total. The van der Waals surface area contributed by atoms with Gasteiger partial charge in [0.05, 0.1) is 4.08 Å². The Morgan fingerprint density at radius 2 is 1.63 bits per heavy atom. The lowest BCUT2D eigenvalue weighted by atomic mass is 9.71. The predicted molar refractivity (Wildman–Crippen MR) is 98.1 cm³/mol. The molecule has 150 valence electrons. The van der Waals surface area contributed by atoms with E-state index in [9.17, 15) is 14.4 Å². The zero-order valence-electron chi connectivity index (χ0n) is 15.4. The standard InChI is InChI=1S/C17H23NO7S2/c1-8(19)18-16-7-17(26-5-4-6-27-17)13-11(12(16)22-9(2)20)24-15(25-13)14(16)23-10(3)21/h11-15H,4-7H2,1-3H3,(H,18,19)/t11-,12+,13+,14+,15-,16+/m0/s1. The van der Waals surface area contributed by atoms with Crippen LogP contribution in [0.2, 0.25) is 0 Å². The van der Waals surface area contributed by atoms with E-state index in [2.05, 4.69) is 5.32 Å². The number of esters is 2. The molecule has 3 heterocycles. The first-order valence-corrected chi connectivity index (χ1v) is 11.0. The second-order valence-electron chi connectivity index (χ2n) is 7.35. The summed E-state index contributed by atoms with van der Waals surface area (Å²) in [4.78, 5) is 35.8. The third-order valence-electron chi connectivity index (χ3n) is 5.38. The van der Waals surface area contributed by atoms with Crippen LogP contribution in [-0.4, -0.2) is 69.7 Å². The Morgan fingerprint density at radius 1 is 1.00 bits per heavy atom. The van der Waals surface area contributed by atoms with E-state index in [1.165, 1.54) is 20.8 Å². The Labute approximate surface area is 165 Å². The van der Waals surface area contributed by atoms with Crippen molar-refractivity contribution in [1.29, 1.82) is 0 Å². The minimum Gasteiger partial charge on any atom is -0.457 e. The molecule has 6 atom stereocenters. The zero-order valence-corrected chi connectivity index (χ0v) is 17.0. The molecule has 4 rings (SSSR count). The van der Waals surface area contributed by atoms with Gasteiger partial charge in [-0.25, -0.2) is 0 Å². The molecule has 3 saturated heterocycles. The highest BCUT2D eigenvalue weighted by Gasteiger charge is 2.75. The SMILES string of the molecule is CC(=O)N[C@]12CC3(SCCCS3)[C@@H]3O[C@H](O[C@H]3[C@H]1OC(C)=O)[C@H]2OC(C)=O. The highest BCUT2D eigenvalue weighted by Crippen LogP contribution is 2.62. The molecule has 1 N–H and O–H groups in total. The summed E-state index contributed by atoms with van der Waals surface area (Å²) in [5.74, 6) is 0.660. The van der Waals surface area contributed by atoms with Crippen molar-refractivity contribution in [2.24, 2.45) is 0 Å². The van der Waals surface area contributed by atoms with E-state index in [0.717, 1.165) is 17.9 Å². The van der Waals surface area contributed by atoms with Crippen LogP contribution in [0.5, 0.6) is 0 Å². The summed E-state index contributed by atoms with van der Waals surface area (Å²) in [5.41, 5.74) is -1.10. The molecule has 1 spiro atoms. The van der Waals surface area contributed by atoms with E-state index >= 15 is 0 Å². The van der Waals surface area contributed by atoms with Gasteiger partial charge < -0.3 is 24.3 Å². The van der Waals surface area contributed by atoms with Crippen molar-refractivity contribution in [3.8, 4) is 0 Å². The van der Waals surface area contributed by atoms with Gasteiger partial charge in [-0.1, -0.05) is 0 Å². The molecule has 0 radical (unpaired) electrons. The molecular formula is C17H23NO7S2. The highest BCUT2D eigenvalue weighted by atomic mass is 32.2. The topological polar surface area (TPSA) is 100 Å². The highest BCUT2D eigenvalue weighted by molar-refractivity contribution is 8.18.